The van der Waals surface area contributed by atoms with Crippen LogP contribution >= 0.6 is 0 Å². The van der Waals surface area contributed by atoms with Crippen LogP contribution < -0.4 is 11.5 Å². The summed E-state index contributed by atoms with van der Waals surface area (Å²) in [5, 5.41) is 8.26. The summed E-state index contributed by atoms with van der Waals surface area (Å²) in [7, 11) is 0. The molecule has 0 aliphatic carbocycles. The number of benzene rings is 2. The second-order valence-electron chi connectivity index (χ2n) is 6.30. The van der Waals surface area contributed by atoms with E-state index < -0.39 is 23.5 Å². The number of carbonyl (C=O) groups excluding carboxylic acids is 1. The molecule has 146 valence electrons. The summed E-state index contributed by atoms with van der Waals surface area (Å²) < 4.78 is 52.3. The molecule has 0 bridgehead atoms. The molecule has 2 aromatic carbocycles. The molecule has 0 unspecified atom stereocenters. The van der Waals surface area contributed by atoms with Crippen LogP contribution in [-0.2, 0) is 19.0 Å². The molecule has 0 fully saturated rings. The number of aromatic nitrogens is 2. The molecule has 0 spiro atoms. The van der Waals surface area contributed by atoms with Gasteiger partial charge >= 0.3 is 6.18 Å². The minimum atomic E-state index is -4.52. The Morgan fingerprint density at radius 1 is 1.04 bits per heavy atom. The van der Waals surface area contributed by atoms with Crippen LogP contribution in [-0.4, -0.2) is 16.1 Å². The lowest BCUT2D eigenvalue weighted by molar-refractivity contribution is -0.137. The van der Waals surface area contributed by atoms with Crippen molar-refractivity contribution in [2.75, 3.05) is 5.73 Å². The highest BCUT2D eigenvalue weighted by Gasteiger charge is 2.31. The molecule has 5 nitrogen and oxygen atoms in total. The standard InChI is InChI=1S/C19H16F4N4O/c20-14-8-7-12(19(21,22)23)9-11(14)5-1-3-10-4-2-6-13-15(24)17(18(25)28)27-26-16(10)13/h2,4,6-9H,1,3,5H2,(H2,24,26)(H2,25,28). The molecular weight excluding hydrogens is 376 g/mol. The number of primary amides is 1. The van der Waals surface area contributed by atoms with E-state index in [0.29, 0.717) is 23.7 Å². The Kier molecular flexibility index (Phi) is 5.17. The fraction of sp³-hybridized carbons (Fsp3) is 0.211. The minimum absolute atomic E-state index is 0.00308. The van der Waals surface area contributed by atoms with Gasteiger partial charge in [0.25, 0.3) is 5.91 Å². The van der Waals surface area contributed by atoms with Crippen LogP contribution in [0.2, 0.25) is 0 Å². The van der Waals surface area contributed by atoms with Gasteiger partial charge in [-0.2, -0.15) is 13.2 Å². The predicted octanol–water partition coefficient (Wildman–Crippen LogP) is 3.64. The van der Waals surface area contributed by atoms with Crippen LogP contribution in [0.1, 0.15) is 33.6 Å². The molecule has 9 heteroatoms. The number of amides is 1. The average molecular weight is 392 g/mol. The van der Waals surface area contributed by atoms with Gasteiger partial charge in [-0.1, -0.05) is 18.2 Å². The smallest absolute Gasteiger partial charge is 0.396 e. The van der Waals surface area contributed by atoms with Gasteiger partial charge in [0.1, 0.15) is 5.82 Å². The third-order valence-electron chi connectivity index (χ3n) is 4.41. The van der Waals surface area contributed by atoms with E-state index in [9.17, 15) is 22.4 Å². The third-order valence-corrected chi connectivity index (χ3v) is 4.41. The van der Waals surface area contributed by atoms with E-state index in [4.69, 9.17) is 11.5 Å². The van der Waals surface area contributed by atoms with Crippen molar-refractivity contribution in [3.8, 4) is 0 Å². The summed E-state index contributed by atoms with van der Waals surface area (Å²) in [6.07, 6.45) is -3.61. The first-order valence-electron chi connectivity index (χ1n) is 8.37. The second-order valence-corrected chi connectivity index (χ2v) is 6.30. The number of rotatable bonds is 5. The minimum Gasteiger partial charge on any atom is -0.396 e. The fourth-order valence-electron chi connectivity index (χ4n) is 3.00. The molecule has 1 amide bonds. The Hall–Kier alpha value is -3.23. The van der Waals surface area contributed by atoms with Crippen molar-refractivity contribution in [1.29, 1.82) is 0 Å². The van der Waals surface area contributed by atoms with E-state index in [-0.39, 0.29) is 23.4 Å². The predicted molar refractivity (Wildman–Crippen MR) is 95.9 cm³/mol. The van der Waals surface area contributed by atoms with Gasteiger partial charge in [0.15, 0.2) is 5.69 Å². The fourth-order valence-corrected chi connectivity index (χ4v) is 3.00. The Balaban J connectivity index is 1.82. The molecule has 0 saturated heterocycles. The molecule has 1 heterocycles. The van der Waals surface area contributed by atoms with Gasteiger partial charge in [-0.3, -0.25) is 4.79 Å². The van der Waals surface area contributed by atoms with Gasteiger partial charge < -0.3 is 11.5 Å². The zero-order chi connectivity index (χ0) is 20.5. The summed E-state index contributed by atoms with van der Waals surface area (Å²) in [6, 6.07) is 7.52. The lowest BCUT2D eigenvalue weighted by atomic mass is 9.99. The maximum atomic E-state index is 13.9. The number of alkyl halides is 3. The number of nitrogens with zero attached hydrogens (tertiary/aromatic N) is 2. The Bertz CT molecular complexity index is 1050. The SMILES string of the molecule is NC(=O)c1nnc2c(CCCc3cc(C(F)(F)F)ccc3F)cccc2c1N. The third kappa shape index (κ3) is 3.88. The Morgan fingerprint density at radius 3 is 2.43 bits per heavy atom. The summed E-state index contributed by atoms with van der Waals surface area (Å²) in [5.74, 6) is -1.47. The average Bonchev–Trinajstić information content (AvgIpc) is 2.62. The molecule has 3 rings (SSSR count). The molecule has 0 aliphatic heterocycles. The van der Waals surface area contributed by atoms with Crippen LogP contribution in [0.5, 0.6) is 0 Å². The molecule has 4 N–H and O–H groups in total. The molecule has 0 radical (unpaired) electrons. The van der Waals surface area contributed by atoms with Gasteiger partial charge in [0, 0.05) is 5.39 Å². The van der Waals surface area contributed by atoms with Gasteiger partial charge in [-0.25, -0.2) is 4.39 Å². The monoisotopic (exact) mass is 392 g/mol. The summed E-state index contributed by atoms with van der Waals surface area (Å²) >= 11 is 0. The van der Waals surface area contributed by atoms with E-state index >= 15 is 0 Å². The number of carbonyl (C=O) groups is 1. The number of fused-ring (bicyclic) bond motifs is 1. The highest BCUT2D eigenvalue weighted by Crippen LogP contribution is 2.31. The topological polar surface area (TPSA) is 94.9 Å². The normalized spacial score (nSPS) is 11.7. The molecule has 28 heavy (non-hydrogen) atoms. The largest absolute Gasteiger partial charge is 0.416 e. The molecule has 1 aromatic heterocycles. The van der Waals surface area contributed by atoms with Gasteiger partial charge in [-0.05, 0) is 48.6 Å². The van der Waals surface area contributed by atoms with Crippen molar-refractivity contribution in [2.24, 2.45) is 5.73 Å². The van der Waals surface area contributed by atoms with Gasteiger partial charge in [0.05, 0.1) is 16.8 Å². The lowest BCUT2D eigenvalue weighted by Crippen LogP contribution is -2.17. The van der Waals surface area contributed by atoms with Crippen LogP contribution in [0.25, 0.3) is 10.9 Å². The zero-order valence-corrected chi connectivity index (χ0v) is 14.6. The van der Waals surface area contributed by atoms with E-state index in [1.54, 1.807) is 18.2 Å². The summed E-state index contributed by atoms with van der Waals surface area (Å²) in [5.41, 5.74) is 11.4. The van der Waals surface area contributed by atoms with Gasteiger partial charge in [0.2, 0.25) is 0 Å². The zero-order valence-electron chi connectivity index (χ0n) is 14.6. The summed E-state index contributed by atoms with van der Waals surface area (Å²) in [4.78, 5) is 11.3. The Morgan fingerprint density at radius 2 is 1.75 bits per heavy atom. The lowest BCUT2D eigenvalue weighted by Gasteiger charge is -2.11. The number of hydrogen-bond acceptors (Lipinski definition) is 4. The first kappa shape index (κ1) is 19.5. The maximum Gasteiger partial charge on any atom is 0.416 e. The maximum absolute atomic E-state index is 13.9. The van der Waals surface area contributed by atoms with Crippen molar-refractivity contribution >= 4 is 22.5 Å². The van der Waals surface area contributed by atoms with Crippen molar-refractivity contribution < 1.29 is 22.4 Å². The molecular formula is C19H16F4N4O. The van der Waals surface area contributed by atoms with Crippen LogP contribution in [0.4, 0.5) is 23.2 Å². The first-order valence-corrected chi connectivity index (χ1v) is 8.37. The molecule has 0 atom stereocenters. The highest BCUT2D eigenvalue weighted by molar-refractivity contribution is 6.04. The van der Waals surface area contributed by atoms with Crippen LogP contribution in [0.15, 0.2) is 36.4 Å². The quantitative estimate of drug-likeness (QED) is 0.648. The number of nitrogen functional groups attached to an aromatic ring is 1. The number of aryl methyl sites for hydroxylation is 2. The van der Waals surface area contributed by atoms with Crippen molar-refractivity contribution in [2.45, 2.75) is 25.4 Å². The second kappa shape index (κ2) is 7.41. The molecule has 0 aliphatic rings. The summed E-state index contributed by atoms with van der Waals surface area (Å²) in [6.45, 7) is 0. The number of hydrogen-bond donors (Lipinski definition) is 2. The first-order chi connectivity index (χ1) is 13.2. The van der Waals surface area contributed by atoms with Crippen molar-refractivity contribution in [3.63, 3.8) is 0 Å². The van der Waals surface area contributed by atoms with Crippen LogP contribution in [0, 0.1) is 5.82 Å². The number of nitrogens with two attached hydrogens (primary N) is 2. The highest BCUT2D eigenvalue weighted by atomic mass is 19.4. The van der Waals surface area contributed by atoms with E-state index in [2.05, 4.69) is 10.2 Å². The van der Waals surface area contributed by atoms with Crippen molar-refractivity contribution in [1.82, 2.24) is 10.2 Å². The number of halogens is 4. The van der Waals surface area contributed by atoms with E-state index in [1.165, 1.54) is 0 Å². The van der Waals surface area contributed by atoms with E-state index in [0.717, 1.165) is 23.8 Å². The van der Waals surface area contributed by atoms with Gasteiger partial charge in [-0.15, -0.1) is 10.2 Å². The Labute approximate surface area is 157 Å². The van der Waals surface area contributed by atoms with Crippen molar-refractivity contribution in [3.05, 3.63) is 64.6 Å². The van der Waals surface area contributed by atoms with E-state index in [1.807, 2.05) is 0 Å². The number of anilines is 1. The molecule has 3 aromatic rings. The molecule has 0 saturated carbocycles. The van der Waals surface area contributed by atoms with Crippen LogP contribution in [0.3, 0.4) is 0 Å².